The second-order valence-corrected chi connectivity index (χ2v) is 7.43. The highest BCUT2D eigenvalue weighted by Crippen LogP contribution is 2.29. The minimum absolute atomic E-state index is 0.388. The van der Waals surface area contributed by atoms with Crippen molar-refractivity contribution >= 4 is 21.3 Å². The van der Waals surface area contributed by atoms with Crippen LogP contribution in [-0.4, -0.2) is 61.9 Å². The first kappa shape index (κ1) is 19.4. The molecule has 0 unspecified atom stereocenters. The highest BCUT2D eigenvalue weighted by Gasteiger charge is 2.13. The molecule has 0 bridgehead atoms. The smallest absolute Gasteiger partial charge is 0.217 e. The molecule has 0 saturated carbocycles. The van der Waals surface area contributed by atoms with E-state index in [0.717, 1.165) is 35.5 Å². The fraction of sp³-hybridized carbons (Fsp3) is 0.467. The van der Waals surface area contributed by atoms with Crippen LogP contribution in [0.25, 0.3) is 10.9 Å². The lowest BCUT2D eigenvalue weighted by Gasteiger charge is -2.23. The molecule has 1 N–H and O–H groups in total. The van der Waals surface area contributed by atoms with Gasteiger partial charge in [0.25, 0.3) is 0 Å². The van der Waals surface area contributed by atoms with Gasteiger partial charge in [-0.1, -0.05) is 6.07 Å². The number of aromatic hydroxyl groups is 1. The molecule has 7 nitrogen and oxygen atoms in total. The van der Waals surface area contributed by atoms with E-state index in [-0.39, 0.29) is 0 Å². The maximum absolute atomic E-state index is 9.98. The van der Waals surface area contributed by atoms with Gasteiger partial charge in [0.15, 0.2) is 0 Å². The van der Waals surface area contributed by atoms with Gasteiger partial charge >= 0.3 is 0 Å². The molecule has 0 fully saturated rings. The molecule has 0 radical (unpaired) electrons. The zero-order valence-electron chi connectivity index (χ0n) is 14.1. The predicted octanol–water partition coefficient (Wildman–Crippen LogP) is 1.23. The molecule has 2 aromatic rings. The Bertz CT molecular complexity index is 760. The van der Waals surface area contributed by atoms with E-state index in [4.69, 9.17) is 0 Å². The molecule has 130 valence electrons. The van der Waals surface area contributed by atoms with Gasteiger partial charge in [0.1, 0.15) is 5.75 Å². The van der Waals surface area contributed by atoms with Crippen LogP contribution in [0.3, 0.4) is 0 Å². The number of aryl methyl sites for hydroxylation is 1. The summed E-state index contributed by atoms with van der Waals surface area (Å²) in [5.41, 5.74) is 2.33. The van der Waals surface area contributed by atoms with Crippen molar-refractivity contribution in [3.63, 3.8) is 0 Å². The summed E-state index contributed by atoms with van der Waals surface area (Å²) in [6.45, 7) is 1.06. The molecule has 1 aromatic heterocycles. The van der Waals surface area contributed by atoms with E-state index in [9.17, 15) is 18.1 Å². The average molecular weight is 344 g/mol. The second kappa shape index (κ2) is 7.31. The highest BCUT2D eigenvalue weighted by atomic mass is 32.3. The lowest BCUT2D eigenvalue weighted by Crippen LogP contribution is -2.36. The summed E-state index contributed by atoms with van der Waals surface area (Å²) in [5, 5.41) is 11.0. The number of phenolic OH excluding ortho intramolecular Hbond substituents is 1. The molecule has 0 aliphatic carbocycles. The normalized spacial score (nSPS) is 12.1. The first-order valence-corrected chi connectivity index (χ1v) is 8.35. The number of hydrogen-bond donors (Lipinski definition) is 1. The molecule has 1 aromatic carbocycles. The van der Waals surface area contributed by atoms with Crippen molar-refractivity contribution in [1.29, 1.82) is 0 Å². The molecule has 0 saturated heterocycles. The predicted molar refractivity (Wildman–Crippen MR) is 87.9 cm³/mol. The van der Waals surface area contributed by atoms with Gasteiger partial charge in [-0.05, 0) is 17.7 Å². The summed E-state index contributed by atoms with van der Waals surface area (Å²) in [6.07, 6.45) is 3.11. The molecule has 0 aliphatic rings. The van der Waals surface area contributed by atoms with Crippen LogP contribution in [0.1, 0.15) is 5.56 Å². The van der Waals surface area contributed by atoms with Crippen molar-refractivity contribution in [3.8, 4) is 5.75 Å². The van der Waals surface area contributed by atoms with Crippen molar-refractivity contribution in [2.75, 3.05) is 34.8 Å². The maximum Gasteiger partial charge on any atom is 0.217 e. The molecule has 1 heterocycles. The number of quaternary nitrogens is 1. The molecule has 23 heavy (non-hydrogen) atoms. The fourth-order valence-electron chi connectivity index (χ4n) is 2.16. The Morgan fingerprint density at radius 3 is 2.35 bits per heavy atom. The van der Waals surface area contributed by atoms with Crippen molar-refractivity contribution in [1.82, 2.24) is 4.57 Å². The fourth-order valence-corrected chi connectivity index (χ4v) is 2.16. The first-order valence-electron chi connectivity index (χ1n) is 7.02. The summed E-state index contributed by atoms with van der Waals surface area (Å²) in [6, 6.07) is 5.70. The lowest BCUT2D eigenvalue weighted by atomic mass is 10.1. The van der Waals surface area contributed by atoms with Crippen molar-refractivity contribution in [3.05, 3.63) is 30.0 Å². The third-order valence-corrected chi connectivity index (χ3v) is 3.74. The van der Waals surface area contributed by atoms with Crippen LogP contribution >= 0.6 is 0 Å². The van der Waals surface area contributed by atoms with E-state index >= 15 is 0 Å². The SMILES string of the molecule is COS(=O)(=O)[O-].Cn1cc(CC[N+](C)(C)C)c2c(O)cccc21. The molecule has 0 aliphatic heterocycles. The molecule has 0 atom stereocenters. The zero-order valence-corrected chi connectivity index (χ0v) is 14.9. The van der Waals surface area contributed by atoms with Crippen molar-refractivity contribution in [2.24, 2.45) is 7.05 Å². The number of hydrogen-bond acceptors (Lipinski definition) is 5. The third kappa shape index (κ3) is 6.19. The standard InChI is InChI=1S/C14H20N2O.CH4O4S/c1-15-10-11(8-9-16(2,3)4)14-12(15)6-5-7-13(14)17;1-5-6(2,3)4/h5-7,10H,8-9H2,1-4H3;1H3,(H,2,3,4). The topological polar surface area (TPSA) is 91.6 Å². The van der Waals surface area contributed by atoms with Crippen LogP contribution in [0.4, 0.5) is 0 Å². The number of aromatic nitrogens is 1. The van der Waals surface area contributed by atoms with Crippen LogP contribution in [0.5, 0.6) is 5.75 Å². The Morgan fingerprint density at radius 1 is 1.30 bits per heavy atom. The van der Waals surface area contributed by atoms with Gasteiger partial charge in [0.2, 0.25) is 10.4 Å². The zero-order chi connectivity index (χ0) is 17.8. The van der Waals surface area contributed by atoms with Gasteiger partial charge in [-0.2, -0.15) is 0 Å². The second-order valence-electron chi connectivity index (χ2n) is 6.28. The minimum atomic E-state index is -4.41. The van der Waals surface area contributed by atoms with Crippen LogP contribution in [-0.2, 0) is 28.1 Å². The van der Waals surface area contributed by atoms with Gasteiger partial charge < -0.3 is 18.7 Å². The Kier molecular flexibility index (Phi) is 6.18. The van der Waals surface area contributed by atoms with Gasteiger partial charge in [-0.15, -0.1) is 0 Å². The first-order chi connectivity index (χ1) is 10.4. The average Bonchev–Trinajstić information content (AvgIpc) is 2.74. The monoisotopic (exact) mass is 344 g/mol. The maximum atomic E-state index is 9.98. The van der Waals surface area contributed by atoms with Crippen LogP contribution in [0.15, 0.2) is 24.4 Å². The summed E-state index contributed by atoms with van der Waals surface area (Å²) >= 11 is 0. The van der Waals surface area contributed by atoms with E-state index in [1.54, 1.807) is 6.07 Å². The Balaban J connectivity index is 0.000000379. The number of benzene rings is 1. The van der Waals surface area contributed by atoms with E-state index in [2.05, 4.69) is 36.1 Å². The van der Waals surface area contributed by atoms with E-state index in [1.165, 1.54) is 5.56 Å². The van der Waals surface area contributed by atoms with Gasteiger partial charge in [0, 0.05) is 25.1 Å². The minimum Gasteiger partial charge on any atom is -0.726 e. The summed E-state index contributed by atoms with van der Waals surface area (Å²) < 4.78 is 34.0. The molecule has 2 rings (SSSR count). The summed E-state index contributed by atoms with van der Waals surface area (Å²) in [5.74, 6) is 0.388. The molecule has 8 heteroatoms. The number of likely N-dealkylation sites (N-methyl/N-ethyl adjacent to an activating group) is 1. The molecule has 0 spiro atoms. The van der Waals surface area contributed by atoms with Gasteiger partial charge in [-0.25, -0.2) is 8.42 Å². The molecular formula is C15H24N2O5S. The molecule has 0 amide bonds. The van der Waals surface area contributed by atoms with Gasteiger partial charge in [-0.3, -0.25) is 4.18 Å². The highest BCUT2D eigenvalue weighted by molar-refractivity contribution is 7.80. The van der Waals surface area contributed by atoms with Crippen LogP contribution < -0.4 is 0 Å². The number of nitrogens with zero attached hydrogens (tertiary/aromatic N) is 2. The van der Waals surface area contributed by atoms with Crippen LogP contribution in [0, 0.1) is 0 Å². The number of phenols is 1. The van der Waals surface area contributed by atoms with E-state index < -0.39 is 10.4 Å². The molecular weight excluding hydrogens is 320 g/mol. The lowest BCUT2D eigenvalue weighted by molar-refractivity contribution is -0.870. The third-order valence-electron chi connectivity index (χ3n) is 3.33. The van der Waals surface area contributed by atoms with Crippen molar-refractivity contribution in [2.45, 2.75) is 6.42 Å². The Labute approximate surface area is 137 Å². The quantitative estimate of drug-likeness (QED) is 0.512. The van der Waals surface area contributed by atoms with E-state index in [0.29, 0.717) is 5.75 Å². The number of rotatable bonds is 4. The Hall–Kier alpha value is -1.61. The number of fused-ring (bicyclic) bond motifs is 1. The summed E-state index contributed by atoms with van der Waals surface area (Å²) in [4.78, 5) is 0. The van der Waals surface area contributed by atoms with E-state index in [1.807, 2.05) is 19.2 Å². The Morgan fingerprint density at radius 2 is 1.87 bits per heavy atom. The van der Waals surface area contributed by atoms with Gasteiger partial charge in [0.05, 0.1) is 40.3 Å². The van der Waals surface area contributed by atoms with Crippen LogP contribution in [0.2, 0.25) is 0 Å². The summed E-state index contributed by atoms with van der Waals surface area (Å²) in [7, 11) is 4.98. The van der Waals surface area contributed by atoms with Crippen molar-refractivity contribution < 1.29 is 26.7 Å². The largest absolute Gasteiger partial charge is 0.726 e.